The Kier molecular flexibility index (Phi) is 6.00. The second-order valence-corrected chi connectivity index (χ2v) is 12.0. The zero-order chi connectivity index (χ0) is 34.3. The number of aromatic nitrogens is 6. The number of rotatable bonds is 6. The molecule has 45 heavy (non-hydrogen) atoms. The summed E-state index contributed by atoms with van der Waals surface area (Å²) in [6.45, 7) is 0.477. The number of ether oxygens (including phenoxy) is 2. The summed E-state index contributed by atoms with van der Waals surface area (Å²) in [5.41, 5.74) is 1.98. The van der Waals surface area contributed by atoms with E-state index >= 15 is 4.39 Å². The van der Waals surface area contributed by atoms with E-state index in [1.807, 2.05) is 32.0 Å². The van der Waals surface area contributed by atoms with Gasteiger partial charge in [0.2, 0.25) is 5.95 Å². The van der Waals surface area contributed by atoms with Crippen LogP contribution >= 0.6 is 0 Å². The van der Waals surface area contributed by atoms with Gasteiger partial charge in [0.05, 0.1) is 53.2 Å². The molecule has 7 rings (SSSR count). The van der Waals surface area contributed by atoms with Crippen molar-refractivity contribution in [2.24, 2.45) is 6.98 Å². The van der Waals surface area contributed by atoms with Crippen LogP contribution in [0.15, 0.2) is 35.4 Å². The second kappa shape index (κ2) is 10.5. The van der Waals surface area contributed by atoms with Crippen molar-refractivity contribution in [1.29, 1.82) is 0 Å². The maximum Gasteiger partial charge on any atom is 0.407 e. The van der Waals surface area contributed by atoms with Crippen LogP contribution in [-0.2, 0) is 35.2 Å². The molecule has 0 saturated heterocycles. The Bertz CT molecular complexity index is 2150. The predicted molar refractivity (Wildman–Crippen MR) is 159 cm³/mol. The maximum absolute atomic E-state index is 15.5. The van der Waals surface area contributed by atoms with E-state index in [1.54, 1.807) is 0 Å². The van der Waals surface area contributed by atoms with Crippen LogP contribution in [0.2, 0.25) is 0 Å². The van der Waals surface area contributed by atoms with Gasteiger partial charge in [-0.1, -0.05) is 12.1 Å². The number of fused-ring (bicyclic) bond motifs is 4. The molecule has 2 N–H and O–H groups in total. The van der Waals surface area contributed by atoms with Gasteiger partial charge in [-0.05, 0) is 55.9 Å². The number of hydrogen-bond acceptors (Lipinski definition) is 6. The molecule has 1 aliphatic carbocycles. The lowest BCUT2D eigenvalue weighted by atomic mass is 9.91. The first-order valence-electron chi connectivity index (χ1n) is 16.0. The third kappa shape index (κ3) is 4.69. The average molecular weight is 627 g/mol. The van der Waals surface area contributed by atoms with E-state index in [9.17, 15) is 18.4 Å². The number of methoxy groups -OCH3 is 1. The highest BCUT2D eigenvalue weighted by atomic mass is 19.3. The number of alkyl carbamates (subject to hydrolysis) is 1. The standard InChI is InChI=1S/C31H32F3N7O4/c1-31(2)20-8-5-15(9-16(20)14-45-31)23-24-26-21(39(3)30(43)41(26)18-7-6-17(10-18)36-29(42)44-4)11-35-28(24)37-25(23)19-12-40(13-22(32)33)38-27(19)34/h5,8-9,11-12,17-18,22H,6-7,10,13-14H2,1-4H3,(H,35,37)(H,36,42)/t17-,18-/m1/s1/i3D3. The molecule has 1 aromatic carbocycles. The summed E-state index contributed by atoms with van der Waals surface area (Å²) in [6, 6.07) is 4.73. The maximum atomic E-state index is 15.5. The smallest absolute Gasteiger partial charge is 0.407 e. The first kappa shape index (κ1) is 25.7. The number of hydrogen-bond donors (Lipinski definition) is 2. The van der Waals surface area contributed by atoms with Crippen molar-refractivity contribution in [1.82, 2.24) is 34.2 Å². The largest absolute Gasteiger partial charge is 0.453 e. The SMILES string of the molecule is [2H]C([2H])([2H])n1c(=O)n([C@@H]2CC[C@@H](NC(=O)OC)C2)c2c3c(-c4ccc5c(c4)COC5(C)C)c(-c4cn(CC(F)F)nc4F)[nH]c3ncc21. The minimum atomic E-state index is -2.88. The number of H-pyrrole nitrogens is 1. The molecule has 11 nitrogen and oxygen atoms in total. The molecule has 4 aromatic heterocycles. The van der Waals surface area contributed by atoms with Crippen molar-refractivity contribution in [3.63, 3.8) is 0 Å². The third-order valence-corrected chi connectivity index (χ3v) is 8.87. The number of nitrogens with zero attached hydrogens (tertiary/aromatic N) is 5. The number of aromatic amines is 1. The van der Waals surface area contributed by atoms with Gasteiger partial charge in [0, 0.05) is 34.9 Å². The van der Waals surface area contributed by atoms with Crippen LogP contribution in [0.25, 0.3) is 44.5 Å². The normalized spacial score (nSPS) is 20.5. The van der Waals surface area contributed by atoms with Crippen LogP contribution in [-0.4, -0.2) is 54.6 Å². The molecule has 5 aromatic rings. The van der Waals surface area contributed by atoms with E-state index in [2.05, 4.69) is 20.4 Å². The summed E-state index contributed by atoms with van der Waals surface area (Å²) in [4.78, 5) is 33.7. The van der Waals surface area contributed by atoms with Gasteiger partial charge in [-0.3, -0.25) is 13.8 Å². The Morgan fingerprint density at radius 3 is 2.91 bits per heavy atom. The van der Waals surface area contributed by atoms with E-state index in [-0.39, 0.29) is 34.0 Å². The van der Waals surface area contributed by atoms with Crippen molar-refractivity contribution in [3.8, 4) is 22.4 Å². The fourth-order valence-electron chi connectivity index (χ4n) is 6.81. The molecule has 14 heteroatoms. The van der Waals surface area contributed by atoms with Gasteiger partial charge in [0.15, 0.2) is 0 Å². The Labute approximate surface area is 259 Å². The zero-order valence-corrected chi connectivity index (χ0v) is 24.7. The van der Waals surface area contributed by atoms with Crippen molar-refractivity contribution >= 4 is 28.2 Å². The second-order valence-electron chi connectivity index (χ2n) is 12.0. The lowest BCUT2D eigenvalue weighted by Gasteiger charge is -2.18. The van der Waals surface area contributed by atoms with E-state index in [1.165, 1.54) is 24.1 Å². The first-order chi connectivity index (χ1) is 22.7. The lowest BCUT2D eigenvalue weighted by Crippen LogP contribution is -2.33. The molecule has 0 unspecified atom stereocenters. The first-order valence-corrected chi connectivity index (χ1v) is 14.5. The molecule has 2 aliphatic rings. The van der Waals surface area contributed by atoms with Crippen molar-refractivity contribution in [3.05, 3.63) is 58.2 Å². The number of benzene rings is 1. The van der Waals surface area contributed by atoms with Gasteiger partial charge in [0.25, 0.3) is 6.43 Å². The van der Waals surface area contributed by atoms with Crippen LogP contribution in [0.5, 0.6) is 0 Å². The van der Waals surface area contributed by atoms with Gasteiger partial charge >= 0.3 is 11.8 Å². The van der Waals surface area contributed by atoms with E-state index in [0.717, 1.165) is 15.8 Å². The summed E-state index contributed by atoms with van der Waals surface area (Å²) in [5.74, 6) is -1.00. The molecular weight excluding hydrogens is 591 g/mol. The Balaban J connectivity index is 1.54. The molecule has 1 amide bonds. The van der Waals surface area contributed by atoms with Gasteiger partial charge < -0.3 is 19.8 Å². The predicted octanol–water partition coefficient (Wildman–Crippen LogP) is 5.37. The summed E-state index contributed by atoms with van der Waals surface area (Å²) in [5, 5.41) is 6.77. The number of nitrogens with one attached hydrogen (secondary N) is 2. The molecular formula is C31H32F3N7O4. The Morgan fingerprint density at radius 2 is 2.16 bits per heavy atom. The molecule has 2 atom stereocenters. The number of aryl methyl sites for hydroxylation is 1. The lowest BCUT2D eigenvalue weighted by molar-refractivity contribution is -0.00789. The van der Waals surface area contributed by atoms with Gasteiger partial charge in [0.1, 0.15) is 12.2 Å². The number of imidazole rings is 1. The molecule has 0 bridgehead atoms. The highest BCUT2D eigenvalue weighted by Crippen LogP contribution is 2.45. The molecule has 236 valence electrons. The molecule has 1 aliphatic heterocycles. The zero-order valence-electron chi connectivity index (χ0n) is 27.7. The fourth-order valence-corrected chi connectivity index (χ4v) is 6.81. The van der Waals surface area contributed by atoms with Crippen molar-refractivity contribution in [2.45, 2.75) is 70.4 Å². The van der Waals surface area contributed by atoms with Gasteiger partial charge in [-0.15, -0.1) is 5.10 Å². The van der Waals surface area contributed by atoms with E-state index in [0.29, 0.717) is 46.9 Å². The monoisotopic (exact) mass is 626 g/mol. The molecule has 1 fully saturated rings. The Morgan fingerprint density at radius 1 is 1.33 bits per heavy atom. The number of alkyl halides is 2. The van der Waals surface area contributed by atoms with Crippen LogP contribution in [0, 0.1) is 5.95 Å². The minimum absolute atomic E-state index is 0.0307. The summed E-state index contributed by atoms with van der Waals surface area (Å²) in [7, 11) is 1.25. The third-order valence-electron chi connectivity index (χ3n) is 8.87. The number of carbonyl (C=O) groups is 1. The number of amides is 1. The summed E-state index contributed by atoms with van der Waals surface area (Å²) >= 11 is 0. The van der Waals surface area contributed by atoms with Gasteiger partial charge in [-0.2, -0.15) is 4.39 Å². The molecule has 0 radical (unpaired) electrons. The van der Waals surface area contributed by atoms with Crippen molar-refractivity contribution < 1.29 is 31.6 Å². The summed E-state index contributed by atoms with van der Waals surface area (Å²) < 4.78 is 80.5. The van der Waals surface area contributed by atoms with E-state index in [4.69, 9.17) is 13.6 Å². The van der Waals surface area contributed by atoms with Crippen LogP contribution in [0.4, 0.5) is 18.0 Å². The van der Waals surface area contributed by atoms with Crippen LogP contribution in [0.1, 0.15) is 54.4 Å². The quantitative estimate of drug-likeness (QED) is 0.262. The highest BCUT2D eigenvalue weighted by Gasteiger charge is 2.34. The summed E-state index contributed by atoms with van der Waals surface area (Å²) in [6.07, 6.45) is 0.297. The van der Waals surface area contributed by atoms with Crippen LogP contribution in [0.3, 0.4) is 0 Å². The minimum Gasteiger partial charge on any atom is -0.453 e. The van der Waals surface area contributed by atoms with Gasteiger partial charge in [-0.25, -0.2) is 23.4 Å². The Hall–Kier alpha value is -4.59. The fraction of sp³-hybridized carbons (Fsp3) is 0.419. The number of carbonyl (C=O) groups excluding carboxylic acids is 1. The highest BCUT2D eigenvalue weighted by molar-refractivity contribution is 6.14. The van der Waals surface area contributed by atoms with Crippen LogP contribution < -0.4 is 11.0 Å². The number of pyridine rings is 1. The molecule has 5 heterocycles. The van der Waals surface area contributed by atoms with Crippen molar-refractivity contribution in [2.75, 3.05) is 7.11 Å². The number of halogens is 3. The topological polar surface area (TPSA) is 121 Å². The average Bonchev–Trinajstić information content (AvgIpc) is 3.81. The molecule has 1 saturated carbocycles. The molecule has 0 spiro atoms. The van der Waals surface area contributed by atoms with E-state index < -0.39 is 49.3 Å².